The molecule has 64 valence electrons. The first-order valence-electron chi connectivity index (χ1n) is 3.79. The van der Waals surface area contributed by atoms with Gasteiger partial charge in [-0.2, -0.15) is 0 Å². The third-order valence-corrected chi connectivity index (χ3v) is 2.68. The van der Waals surface area contributed by atoms with Crippen molar-refractivity contribution in [1.82, 2.24) is 0 Å². The minimum atomic E-state index is 0.431. The molecule has 3 heteroatoms. The molecule has 1 aliphatic rings. The van der Waals surface area contributed by atoms with Crippen LogP contribution in [-0.4, -0.2) is 13.2 Å². The number of hydrogen-bond donors (Lipinski definition) is 0. The monoisotopic (exact) mass is 282 g/mol. The van der Waals surface area contributed by atoms with E-state index in [1.165, 1.54) is 19.3 Å². The molecular formula is C8H12Br2O. The van der Waals surface area contributed by atoms with E-state index in [-0.39, 0.29) is 0 Å². The van der Waals surface area contributed by atoms with E-state index in [0.717, 1.165) is 3.39 Å². The summed E-state index contributed by atoms with van der Waals surface area (Å²) < 4.78 is 6.38. The van der Waals surface area contributed by atoms with Crippen LogP contribution < -0.4 is 0 Å². The Bertz CT molecular complexity index is 152. The first kappa shape index (κ1) is 9.75. The smallest absolute Gasteiger partial charge is 0.0634 e. The van der Waals surface area contributed by atoms with Crippen molar-refractivity contribution in [2.45, 2.75) is 25.4 Å². The third kappa shape index (κ3) is 2.88. The molecular weight excluding hydrogens is 272 g/mol. The Hall–Kier alpha value is 0.660. The van der Waals surface area contributed by atoms with Gasteiger partial charge in [0, 0.05) is 13.0 Å². The standard InChI is InChI=1S/C8H12Br2O/c1-11-7-4-2-3-6(7)5-8(9)10/h5-7H,2-4H2,1H3/t6-,7+/m1/s1. The van der Waals surface area contributed by atoms with Crippen molar-refractivity contribution in [1.29, 1.82) is 0 Å². The van der Waals surface area contributed by atoms with E-state index >= 15 is 0 Å². The second kappa shape index (κ2) is 4.63. The van der Waals surface area contributed by atoms with Crippen molar-refractivity contribution in [3.8, 4) is 0 Å². The van der Waals surface area contributed by atoms with Crippen molar-refractivity contribution < 1.29 is 4.74 Å². The van der Waals surface area contributed by atoms with Crippen LogP contribution in [0.3, 0.4) is 0 Å². The number of ether oxygens (including phenoxy) is 1. The summed E-state index contributed by atoms with van der Waals surface area (Å²) in [6.45, 7) is 0. The molecule has 0 aliphatic heterocycles. The van der Waals surface area contributed by atoms with E-state index in [2.05, 4.69) is 37.9 Å². The van der Waals surface area contributed by atoms with Crippen LogP contribution in [0.2, 0.25) is 0 Å². The minimum Gasteiger partial charge on any atom is -0.381 e. The lowest BCUT2D eigenvalue weighted by atomic mass is 10.1. The van der Waals surface area contributed by atoms with E-state index in [1.54, 1.807) is 7.11 Å². The average Bonchev–Trinajstić information content (AvgIpc) is 2.34. The second-order valence-corrected chi connectivity index (χ2v) is 5.60. The normalized spacial score (nSPS) is 30.5. The maximum Gasteiger partial charge on any atom is 0.0634 e. The number of halogens is 2. The van der Waals surface area contributed by atoms with Gasteiger partial charge in [0.2, 0.25) is 0 Å². The molecule has 0 aromatic carbocycles. The topological polar surface area (TPSA) is 9.23 Å². The molecule has 1 rings (SSSR count). The van der Waals surface area contributed by atoms with Crippen molar-refractivity contribution in [3.63, 3.8) is 0 Å². The maximum absolute atomic E-state index is 5.34. The Labute approximate surface area is 84.4 Å². The number of methoxy groups -OCH3 is 1. The molecule has 2 atom stereocenters. The van der Waals surface area contributed by atoms with Crippen LogP contribution in [0.4, 0.5) is 0 Å². The van der Waals surface area contributed by atoms with Gasteiger partial charge in [0.15, 0.2) is 0 Å². The number of hydrogen-bond acceptors (Lipinski definition) is 1. The molecule has 0 heterocycles. The summed E-state index contributed by atoms with van der Waals surface area (Å²) in [7, 11) is 1.79. The van der Waals surface area contributed by atoms with Gasteiger partial charge in [0.05, 0.1) is 9.50 Å². The minimum absolute atomic E-state index is 0.431. The fourth-order valence-electron chi connectivity index (χ4n) is 1.60. The molecule has 1 fully saturated rings. The highest BCUT2D eigenvalue weighted by molar-refractivity contribution is 9.28. The van der Waals surface area contributed by atoms with Gasteiger partial charge in [-0.1, -0.05) is 12.5 Å². The molecule has 1 nitrogen and oxygen atoms in total. The van der Waals surface area contributed by atoms with Gasteiger partial charge in [-0.15, -0.1) is 0 Å². The molecule has 0 saturated heterocycles. The summed E-state index contributed by atoms with van der Waals surface area (Å²) in [5.74, 6) is 0.591. The first-order chi connectivity index (χ1) is 5.24. The van der Waals surface area contributed by atoms with Gasteiger partial charge in [-0.25, -0.2) is 0 Å². The van der Waals surface area contributed by atoms with Crippen molar-refractivity contribution in [3.05, 3.63) is 9.47 Å². The summed E-state index contributed by atoms with van der Waals surface area (Å²) in [4.78, 5) is 0. The van der Waals surface area contributed by atoms with Gasteiger partial charge >= 0.3 is 0 Å². The molecule has 0 aromatic heterocycles. The summed E-state index contributed by atoms with van der Waals surface area (Å²) >= 11 is 6.73. The zero-order valence-corrected chi connectivity index (χ0v) is 9.69. The highest BCUT2D eigenvalue weighted by atomic mass is 79.9. The van der Waals surface area contributed by atoms with E-state index in [0.29, 0.717) is 12.0 Å². The predicted octanol–water partition coefficient (Wildman–Crippen LogP) is 3.43. The van der Waals surface area contributed by atoms with Crippen LogP contribution in [-0.2, 0) is 4.74 Å². The van der Waals surface area contributed by atoms with Gasteiger partial charge in [-0.05, 0) is 44.7 Å². The SMILES string of the molecule is CO[C@H]1CCC[C@@H]1C=C(Br)Br. The third-order valence-electron chi connectivity index (χ3n) is 2.15. The number of rotatable bonds is 2. The summed E-state index contributed by atoms with van der Waals surface area (Å²) in [5.41, 5.74) is 0. The van der Waals surface area contributed by atoms with Crippen molar-refractivity contribution in [2.75, 3.05) is 7.11 Å². The Morgan fingerprint density at radius 3 is 2.73 bits per heavy atom. The molecule has 0 spiro atoms. The Balaban J connectivity index is 2.50. The molecule has 0 amide bonds. The molecule has 1 saturated carbocycles. The van der Waals surface area contributed by atoms with E-state index in [9.17, 15) is 0 Å². The van der Waals surface area contributed by atoms with Crippen molar-refractivity contribution in [2.24, 2.45) is 5.92 Å². The summed E-state index contributed by atoms with van der Waals surface area (Å²) in [6, 6.07) is 0. The zero-order chi connectivity index (χ0) is 8.27. The summed E-state index contributed by atoms with van der Waals surface area (Å²) in [5, 5.41) is 0. The highest BCUT2D eigenvalue weighted by Crippen LogP contribution is 2.31. The van der Waals surface area contributed by atoms with Crippen LogP contribution in [0.15, 0.2) is 9.47 Å². The molecule has 0 N–H and O–H groups in total. The Morgan fingerprint density at radius 2 is 2.18 bits per heavy atom. The average molecular weight is 284 g/mol. The zero-order valence-electron chi connectivity index (χ0n) is 6.52. The van der Waals surface area contributed by atoms with Crippen LogP contribution in [0.1, 0.15) is 19.3 Å². The Morgan fingerprint density at radius 1 is 1.45 bits per heavy atom. The molecule has 0 unspecified atom stereocenters. The maximum atomic E-state index is 5.34. The Kier molecular flexibility index (Phi) is 4.10. The lowest BCUT2D eigenvalue weighted by molar-refractivity contribution is 0.0862. The second-order valence-electron chi connectivity index (χ2n) is 2.83. The lowest BCUT2D eigenvalue weighted by Gasteiger charge is -2.13. The van der Waals surface area contributed by atoms with E-state index in [1.807, 2.05) is 0 Å². The van der Waals surface area contributed by atoms with E-state index in [4.69, 9.17) is 4.74 Å². The first-order valence-corrected chi connectivity index (χ1v) is 5.38. The van der Waals surface area contributed by atoms with Crippen LogP contribution in [0.25, 0.3) is 0 Å². The fourth-order valence-corrected chi connectivity index (χ4v) is 2.28. The highest BCUT2D eigenvalue weighted by Gasteiger charge is 2.24. The summed E-state index contributed by atoms with van der Waals surface area (Å²) in [6.07, 6.45) is 6.35. The fraction of sp³-hybridized carbons (Fsp3) is 0.750. The van der Waals surface area contributed by atoms with Crippen LogP contribution in [0.5, 0.6) is 0 Å². The van der Waals surface area contributed by atoms with E-state index < -0.39 is 0 Å². The lowest BCUT2D eigenvalue weighted by Crippen LogP contribution is -2.13. The molecule has 0 bridgehead atoms. The molecule has 1 aliphatic carbocycles. The molecule has 0 radical (unpaired) electrons. The quantitative estimate of drug-likeness (QED) is 0.754. The van der Waals surface area contributed by atoms with Crippen molar-refractivity contribution >= 4 is 31.9 Å². The van der Waals surface area contributed by atoms with Gasteiger partial charge in [-0.3, -0.25) is 0 Å². The molecule has 0 aromatic rings. The molecule has 11 heavy (non-hydrogen) atoms. The van der Waals surface area contributed by atoms with Gasteiger partial charge in [0.1, 0.15) is 0 Å². The predicted molar refractivity (Wildman–Crippen MR) is 54.1 cm³/mol. The largest absolute Gasteiger partial charge is 0.381 e. The van der Waals surface area contributed by atoms with Gasteiger partial charge in [0.25, 0.3) is 0 Å². The van der Waals surface area contributed by atoms with Gasteiger partial charge < -0.3 is 4.74 Å². The van der Waals surface area contributed by atoms with Crippen LogP contribution >= 0.6 is 31.9 Å². The van der Waals surface area contributed by atoms with Crippen LogP contribution in [0, 0.1) is 5.92 Å².